The molecule has 3 N–H and O–H groups in total. The van der Waals surface area contributed by atoms with Crippen LogP contribution in [0.3, 0.4) is 0 Å². The van der Waals surface area contributed by atoms with Gasteiger partial charge in [-0.2, -0.15) is 0 Å². The van der Waals surface area contributed by atoms with Gasteiger partial charge in [-0.05, 0) is 25.7 Å². The van der Waals surface area contributed by atoms with Gasteiger partial charge >= 0.3 is 5.97 Å². The third-order valence-corrected chi connectivity index (χ3v) is 4.08. The third kappa shape index (κ3) is 5.39. The highest BCUT2D eigenvalue weighted by Gasteiger charge is 2.40. The number of hydrogen-bond donors (Lipinski definition) is 2. The van der Waals surface area contributed by atoms with Gasteiger partial charge in [0.15, 0.2) is 6.54 Å². The van der Waals surface area contributed by atoms with Gasteiger partial charge in [0, 0.05) is 13.3 Å². The van der Waals surface area contributed by atoms with Crippen molar-refractivity contribution in [3.63, 3.8) is 0 Å². The smallest absolute Gasteiger partial charge is 0.360 e. The van der Waals surface area contributed by atoms with Gasteiger partial charge < -0.3 is 5.11 Å². The Kier molecular flexibility index (Phi) is 8.06. The summed E-state index contributed by atoms with van der Waals surface area (Å²) in [6, 6.07) is 0. The Morgan fingerprint density at radius 2 is 2.09 bits per heavy atom. The standard InChI is InChI=1S/C17H29N3O2/c1-3-4-5-6-7-8-9-10-11-16-19-12-13-20(16,15(2)18)14-17(21)22/h4-5,12-13,15H,3,6-11,14,18H2,1-2H3/p+1/b5-4+. The molecule has 5 nitrogen and oxygen atoms in total. The predicted octanol–water partition coefficient (Wildman–Crippen LogP) is 3.38. The van der Waals surface area contributed by atoms with E-state index >= 15 is 0 Å². The molecule has 1 rings (SSSR count). The van der Waals surface area contributed by atoms with Crippen LogP contribution in [0.1, 0.15) is 58.8 Å². The van der Waals surface area contributed by atoms with Crippen LogP contribution in [0.2, 0.25) is 0 Å². The molecule has 2 unspecified atom stereocenters. The molecular formula is C17H30N3O2+. The molecule has 0 aromatic rings. The van der Waals surface area contributed by atoms with Crippen LogP contribution in [0.5, 0.6) is 0 Å². The van der Waals surface area contributed by atoms with E-state index in [0.29, 0.717) is 0 Å². The van der Waals surface area contributed by atoms with Gasteiger partial charge in [0.05, 0.1) is 6.20 Å². The molecule has 0 aliphatic carbocycles. The molecule has 22 heavy (non-hydrogen) atoms. The van der Waals surface area contributed by atoms with Crippen LogP contribution in [0.15, 0.2) is 29.5 Å². The molecule has 0 fully saturated rings. The van der Waals surface area contributed by atoms with Crippen molar-refractivity contribution >= 4 is 11.8 Å². The summed E-state index contributed by atoms with van der Waals surface area (Å²) in [4.78, 5) is 15.5. The van der Waals surface area contributed by atoms with Crippen molar-refractivity contribution < 1.29 is 14.4 Å². The van der Waals surface area contributed by atoms with Crippen molar-refractivity contribution in [3.8, 4) is 0 Å². The number of aliphatic imine (C=N–C) groups is 1. The van der Waals surface area contributed by atoms with Crippen molar-refractivity contribution in [2.45, 2.75) is 65.0 Å². The van der Waals surface area contributed by atoms with E-state index in [4.69, 9.17) is 10.8 Å². The molecule has 0 bridgehead atoms. The van der Waals surface area contributed by atoms with Crippen LogP contribution in [-0.2, 0) is 4.79 Å². The Bertz CT molecular complexity index is 441. The summed E-state index contributed by atoms with van der Waals surface area (Å²) in [7, 11) is 0. The maximum Gasteiger partial charge on any atom is 0.360 e. The van der Waals surface area contributed by atoms with E-state index in [1.54, 1.807) is 6.20 Å². The Hall–Kier alpha value is -1.46. The van der Waals surface area contributed by atoms with Crippen LogP contribution in [0.25, 0.3) is 0 Å². The summed E-state index contributed by atoms with van der Waals surface area (Å²) in [5.74, 6) is 0.0301. The minimum absolute atomic E-state index is 0.0329. The maximum atomic E-state index is 11.1. The minimum Gasteiger partial charge on any atom is -0.477 e. The molecule has 0 radical (unpaired) electrons. The maximum absolute atomic E-state index is 11.1. The second-order valence-corrected chi connectivity index (χ2v) is 5.90. The van der Waals surface area contributed by atoms with Crippen molar-refractivity contribution in [1.29, 1.82) is 0 Å². The number of allylic oxidation sites excluding steroid dienone is 2. The SMILES string of the molecule is CC/C=C/CCCCCCC1=NC=C[N+]1(CC(=O)O)C(C)N. The molecule has 0 aromatic carbocycles. The minimum atomic E-state index is -0.848. The number of amidine groups is 1. The van der Waals surface area contributed by atoms with Crippen LogP contribution < -0.4 is 5.73 Å². The Morgan fingerprint density at radius 1 is 1.36 bits per heavy atom. The van der Waals surface area contributed by atoms with E-state index in [0.717, 1.165) is 37.9 Å². The molecule has 1 aliphatic heterocycles. The Labute approximate surface area is 133 Å². The highest BCUT2D eigenvalue weighted by molar-refractivity contribution is 5.81. The topological polar surface area (TPSA) is 75.7 Å². The molecule has 1 aliphatic rings. The Balaban J connectivity index is 2.38. The molecular weight excluding hydrogens is 278 g/mol. The number of unbranched alkanes of at least 4 members (excludes halogenated alkanes) is 4. The number of carboxylic acid groups (broad SMARTS) is 1. The lowest BCUT2D eigenvalue weighted by Gasteiger charge is -2.34. The molecule has 0 amide bonds. The molecule has 1 heterocycles. The fraction of sp³-hybridized carbons (Fsp3) is 0.647. The number of nitrogens with zero attached hydrogens (tertiary/aromatic N) is 2. The van der Waals surface area contributed by atoms with Crippen molar-refractivity contribution in [2.75, 3.05) is 6.54 Å². The number of quaternary nitrogens is 1. The van der Waals surface area contributed by atoms with Gasteiger partial charge in [0.25, 0.3) is 0 Å². The van der Waals surface area contributed by atoms with Gasteiger partial charge in [-0.3, -0.25) is 5.73 Å². The highest BCUT2D eigenvalue weighted by Crippen LogP contribution is 2.23. The molecule has 5 heteroatoms. The van der Waals surface area contributed by atoms with Crippen molar-refractivity contribution in [3.05, 3.63) is 24.6 Å². The third-order valence-electron chi connectivity index (χ3n) is 4.08. The summed E-state index contributed by atoms with van der Waals surface area (Å²) in [6.45, 7) is 3.95. The van der Waals surface area contributed by atoms with Gasteiger partial charge in [-0.25, -0.2) is 14.3 Å². The first-order chi connectivity index (χ1) is 10.5. The second-order valence-electron chi connectivity index (χ2n) is 5.90. The summed E-state index contributed by atoms with van der Waals surface area (Å²) < 4.78 is 0.161. The lowest BCUT2D eigenvalue weighted by molar-refractivity contribution is -0.805. The lowest BCUT2D eigenvalue weighted by Crippen LogP contribution is -2.59. The number of aliphatic carboxylic acids is 1. The Morgan fingerprint density at radius 3 is 2.73 bits per heavy atom. The number of carbonyl (C=O) groups is 1. The first-order valence-electron chi connectivity index (χ1n) is 8.27. The zero-order valence-electron chi connectivity index (χ0n) is 13.9. The number of rotatable bonds is 11. The largest absolute Gasteiger partial charge is 0.477 e. The summed E-state index contributed by atoms with van der Waals surface area (Å²) >= 11 is 0. The average molecular weight is 308 g/mol. The molecule has 124 valence electrons. The normalized spacial score (nSPS) is 22.2. The number of carboxylic acids is 1. The number of nitrogens with two attached hydrogens (primary N) is 1. The fourth-order valence-electron chi connectivity index (χ4n) is 2.77. The van der Waals surface area contributed by atoms with Crippen LogP contribution >= 0.6 is 0 Å². The monoisotopic (exact) mass is 308 g/mol. The van der Waals surface area contributed by atoms with Gasteiger partial charge in [-0.1, -0.05) is 31.9 Å². The molecule has 2 atom stereocenters. The summed E-state index contributed by atoms with van der Waals surface area (Å²) in [5.41, 5.74) is 6.04. The van der Waals surface area contributed by atoms with Crippen molar-refractivity contribution in [1.82, 2.24) is 0 Å². The summed E-state index contributed by atoms with van der Waals surface area (Å²) in [6.07, 6.45) is 15.3. The van der Waals surface area contributed by atoms with Crippen LogP contribution in [0, 0.1) is 0 Å². The predicted molar refractivity (Wildman–Crippen MR) is 90.1 cm³/mol. The van der Waals surface area contributed by atoms with Crippen molar-refractivity contribution in [2.24, 2.45) is 10.7 Å². The van der Waals surface area contributed by atoms with Crippen LogP contribution in [0.4, 0.5) is 0 Å². The molecule has 0 aromatic heterocycles. The lowest BCUT2D eigenvalue weighted by atomic mass is 10.1. The first-order valence-corrected chi connectivity index (χ1v) is 8.27. The zero-order chi connectivity index (χ0) is 16.4. The summed E-state index contributed by atoms with van der Waals surface area (Å²) in [5, 5.41) is 9.15. The second kappa shape index (κ2) is 9.54. The first kappa shape index (κ1) is 18.6. The van der Waals surface area contributed by atoms with E-state index in [1.165, 1.54) is 12.8 Å². The fourth-order valence-corrected chi connectivity index (χ4v) is 2.77. The van der Waals surface area contributed by atoms with Crippen LogP contribution in [-0.4, -0.2) is 34.1 Å². The van der Waals surface area contributed by atoms with Gasteiger partial charge in [-0.15, -0.1) is 0 Å². The highest BCUT2D eigenvalue weighted by atomic mass is 16.4. The molecule has 0 spiro atoms. The van der Waals surface area contributed by atoms with E-state index in [9.17, 15) is 4.79 Å². The van der Waals surface area contributed by atoms with E-state index in [1.807, 2.05) is 13.1 Å². The molecule has 0 saturated heterocycles. The average Bonchev–Trinajstić information content (AvgIpc) is 2.85. The quantitative estimate of drug-likeness (QED) is 0.349. The van der Waals surface area contributed by atoms with Gasteiger partial charge in [0.1, 0.15) is 12.4 Å². The van der Waals surface area contributed by atoms with E-state index in [2.05, 4.69) is 24.1 Å². The van der Waals surface area contributed by atoms with E-state index < -0.39 is 5.97 Å². The molecule has 0 saturated carbocycles. The van der Waals surface area contributed by atoms with E-state index in [-0.39, 0.29) is 17.2 Å². The number of hydrogen-bond acceptors (Lipinski definition) is 3. The van der Waals surface area contributed by atoms with Gasteiger partial charge in [0.2, 0.25) is 5.84 Å². The zero-order valence-corrected chi connectivity index (χ0v) is 13.9.